The Kier molecular flexibility index (Phi) is 7.16. The van der Waals surface area contributed by atoms with E-state index >= 15 is 0 Å². The van der Waals surface area contributed by atoms with Gasteiger partial charge in [0.1, 0.15) is 0 Å². The van der Waals surface area contributed by atoms with E-state index in [0.717, 1.165) is 31.7 Å². The van der Waals surface area contributed by atoms with Crippen molar-refractivity contribution in [1.29, 1.82) is 0 Å². The number of carbonyl (C=O) groups excluding carboxylic acids is 1. The fourth-order valence-corrected chi connectivity index (χ4v) is 3.51. The number of nitrogens with zero attached hydrogens (tertiary/aromatic N) is 1. The lowest BCUT2D eigenvalue weighted by Crippen LogP contribution is -2.34. The predicted octanol–water partition coefficient (Wildman–Crippen LogP) is 2.96. The van der Waals surface area contributed by atoms with Crippen LogP contribution in [0.3, 0.4) is 0 Å². The van der Waals surface area contributed by atoms with Crippen molar-refractivity contribution in [2.75, 3.05) is 13.6 Å². The van der Waals surface area contributed by atoms with Crippen LogP contribution in [0.2, 0.25) is 0 Å². The van der Waals surface area contributed by atoms with Crippen molar-refractivity contribution in [2.24, 2.45) is 17.6 Å². The molecular weight excluding hydrogens is 260 g/mol. The molecule has 0 heterocycles. The van der Waals surface area contributed by atoms with Gasteiger partial charge in [-0.3, -0.25) is 4.79 Å². The minimum Gasteiger partial charge on any atom is -0.346 e. The molecule has 0 radical (unpaired) electrons. The minimum absolute atomic E-state index is 0. The SMILES string of the molecule is CN(CCC1CCCCC1)C(=O)C1CCC(N)C1.Cl. The molecular formula is C15H29ClN2O. The number of rotatable bonds is 4. The number of halogens is 1. The van der Waals surface area contributed by atoms with Crippen LogP contribution in [0.4, 0.5) is 0 Å². The number of nitrogens with two attached hydrogens (primary N) is 1. The molecule has 3 nitrogen and oxygen atoms in total. The van der Waals surface area contributed by atoms with Gasteiger partial charge in [0.05, 0.1) is 0 Å². The van der Waals surface area contributed by atoms with Gasteiger partial charge in [0.15, 0.2) is 0 Å². The zero-order valence-electron chi connectivity index (χ0n) is 12.1. The highest BCUT2D eigenvalue weighted by Crippen LogP contribution is 2.28. The molecule has 2 fully saturated rings. The quantitative estimate of drug-likeness (QED) is 0.864. The zero-order valence-corrected chi connectivity index (χ0v) is 13.0. The standard InChI is InChI=1S/C15H28N2O.ClH/c1-17(10-9-12-5-3-2-4-6-12)15(18)13-7-8-14(16)11-13;/h12-14H,2-11,16H2,1H3;1H. The molecule has 2 N–H and O–H groups in total. The first-order valence-corrected chi connectivity index (χ1v) is 7.67. The number of hydrogen-bond donors (Lipinski definition) is 1. The van der Waals surface area contributed by atoms with Crippen LogP contribution in [-0.4, -0.2) is 30.4 Å². The van der Waals surface area contributed by atoms with E-state index in [1.165, 1.54) is 38.5 Å². The first-order chi connectivity index (χ1) is 8.66. The average Bonchev–Trinajstić information content (AvgIpc) is 2.83. The third kappa shape index (κ3) is 4.96. The van der Waals surface area contributed by atoms with E-state index in [4.69, 9.17) is 5.73 Å². The molecule has 2 unspecified atom stereocenters. The molecule has 0 aliphatic heterocycles. The summed E-state index contributed by atoms with van der Waals surface area (Å²) in [4.78, 5) is 14.2. The number of hydrogen-bond acceptors (Lipinski definition) is 2. The topological polar surface area (TPSA) is 46.3 Å². The molecule has 1 amide bonds. The highest BCUT2D eigenvalue weighted by molar-refractivity contribution is 5.85. The van der Waals surface area contributed by atoms with Gasteiger partial charge in [-0.05, 0) is 31.6 Å². The van der Waals surface area contributed by atoms with Gasteiger partial charge in [-0.1, -0.05) is 32.1 Å². The van der Waals surface area contributed by atoms with Crippen molar-refractivity contribution in [3.8, 4) is 0 Å². The zero-order chi connectivity index (χ0) is 13.0. The summed E-state index contributed by atoms with van der Waals surface area (Å²) in [6.45, 7) is 0.940. The van der Waals surface area contributed by atoms with Gasteiger partial charge in [-0.25, -0.2) is 0 Å². The van der Waals surface area contributed by atoms with Crippen molar-refractivity contribution in [3.63, 3.8) is 0 Å². The second kappa shape index (κ2) is 8.11. The lowest BCUT2D eigenvalue weighted by atomic mass is 9.87. The second-order valence-corrected chi connectivity index (χ2v) is 6.32. The summed E-state index contributed by atoms with van der Waals surface area (Å²) >= 11 is 0. The van der Waals surface area contributed by atoms with Crippen molar-refractivity contribution in [1.82, 2.24) is 4.90 Å². The number of amides is 1. The third-order valence-electron chi connectivity index (χ3n) is 4.80. The maximum absolute atomic E-state index is 12.2. The Balaban J connectivity index is 0.00000180. The summed E-state index contributed by atoms with van der Waals surface area (Å²) in [7, 11) is 1.97. The van der Waals surface area contributed by atoms with Crippen molar-refractivity contribution in [3.05, 3.63) is 0 Å². The van der Waals surface area contributed by atoms with Crippen molar-refractivity contribution < 1.29 is 4.79 Å². The monoisotopic (exact) mass is 288 g/mol. The fraction of sp³-hybridized carbons (Fsp3) is 0.933. The molecule has 19 heavy (non-hydrogen) atoms. The second-order valence-electron chi connectivity index (χ2n) is 6.32. The summed E-state index contributed by atoms with van der Waals surface area (Å²) in [5.74, 6) is 1.40. The Morgan fingerprint density at radius 1 is 1.16 bits per heavy atom. The maximum atomic E-state index is 12.2. The molecule has 0 aromatic heterocycles. The average molecular weight is 289 g/mol. The van der Waals surface area contributed by atoms with Crippen LogP contribution in [0, 0.1) is 11.8 Å². The van der Waals surface area contributed by atoms with E-state index in [1.807, 2.05) is 11.9 Å². The van der Waals surface area contributed by atoms with Crippen LogP contribution < -0.4 is 5.73 Å². The van der Waals surface area contributed by atoms with Gasteiger partial charge in [-0.2, -0.15) is 0 Å². The Hall–Kier alpha value is -0.280. The van der Waals surface area contributed by atoms with Gasteiger partial charge in [0.2, 0.25) is 5.91 Å². The maximum Gasteiger partial charge on any atom is 0.225 e. The van der Waals surface area contributed by atoms with Gasteiger partial charge in [0.25, 0.3) is 0 Å². The third-order valence-corrected chi connectivity index (χ3v) is 4.80. The first-order valence-electron chi connectivity index (χ1n) is 7.67. The van der Waals surface area contributed by atoms with Crippen LogP contribution in [-0.2, 0) is 4.79 Å². The fourth-order valence-electron chi connectivity index (χ4n) is 3.51. The highest BCUT2D eigenvalue weighted by atomic mass is 35.5. The van der Waals surface area contributed by atoms with E-state index in [-0.39, 0.29) is 24.4 Å². The summed E-state index contributed by atoms with van der Waals surface area (Å²) in [5.41, 5.74) is 5.88. The Morgan fingerprint density at radius 2 is 1.84 bits per heavy atom. The van der Waals surface area contributed by atoms with Crippen molar-refractivity contribution in [2.45, 2.75) is 63.8 Å². The molecule has 4 heteroatoms. The normalized spacial score (nSPS) is 27.9. The van der Waals surface area contributed by atoms with Crippen LogP contribution in [0.25, 0.3) is 0 Å². The molecule has 0 aromatic carbocycles. The molecule has 2 rings (SSSR count). The van der Waals surface area contributed by atoms with Crippen LogP contribution in [0.1, 0.15) is 57.8 Å². The van der Waals surface area contributed by atoms with Gasteiger partial charge in [0, 0.05) is 25.6 Å². The minimum atomic E-state index is 0. The molecule has 2 aliphatic carbocycles. The van der Waals surface area contributed by atoms with Gasteiger partial charge >= 0.3 is 0 Å². The lowest BCUT2D eigenvalue weighted by Gasteiger charge is -2.26. The molecule has 2 atom stereocenters. The van der Waals surface area contributed by atoms with Crippen LogP contribution in [0.5, 0.6) is 0 Å². The van der Waals surface area contributed by atoms with Crippen LogP contribution >= 0.6 is 12.4 Å². The van der Waals surface area contributed by atoms with Crippen molar-refractivity contribution >= 4 is 18.3 Å². The van der Waals surface area contributed by atoms with Crippen LogP contribution in [0.15, 0.2) is 0 Å². The first kappa shape index (κ1) is 16.8. The van der Waals surface area contributed by atoms with E-state index < -0.39 is 0 Å². The molecule has 2 saturated carbocycles. The molecule has 0 bridgehead atoms. The molecule has 2 aliphatic rings. The van der Waals surface area contributed by atoms with E-state index in [2.05, 4.69) is 0 Å². The smallest absolute Gasteiger partial charge is 0.225 e. The summed E-state index contributed by atoms with van der Waals surface area (Å²) in [6, 6.07) is 0.255. The summed E-state index contributed by atoms with van der Waals surface area (Å²) in [6.07, 6.45) is 11.0. The van der Waals surface area contributed by atoms with E-state index in [0.29, 0.717) is 5.91 Å². The van der Waals surface area contributed by atoms with E-state index in [9.17, 15) is 4.79 Å². The van der Waals surface area contributed by atoms with Gasteiger partial charge in [-0.15, -0.1) is 12.4 Å². The molecule has 112 valence electrons. The number of carbonyl (C=O) groups is 1. The molecule has 0 aromatic rings. The predicted molar refractivity (Wildman–Crippen MR) is 81.4 cm³/mol. The molecule has 0 spiro atoms. The lowest BCUT2D eigenvalue weighted by molar-refractivity contribution is -0.134. The van der Waals surface area contributed by atoms with Gasteiger partial charge < -0.3 is 10.6 Å². The Bertz CT molecular complexity index is 279. The Morgan fingerprint density at radius 3 is 2.42 bits per heavy atom. The Labute approximate surface area is 123 Å². The molecule has 0 saturated heterocycles. The summed E-state index contributed by atoms with van der Waals surface area (Å²) < 4.78 is 0. The highest BCUT2D eigenvalue weighted by Gasteiger charge is 2.29. The largest absolute Gasteiger partial charge is 0.346 e. The van der Waals surface area contributed by atoms with E-state index in [1.54, 1.807) is 0 Å². The summed E-state index contributed by atoms with van der Waals surface area (Å²) in [5, 5.41) is 0.